The van der Waals surface area contributed by atoms with E-state index in [0.29, 0.717) is 11.6 Å². The summed E-state index contributed by atoms with van der Waals surface area (Å²) in [6, 6.07) is 13.9. The number of hydrogen-bond acceptors (Lipinski definition) is 5. The van der Waals surface area contributed by atoms with Gasteiger partial charge in [0.05, 0.1) is 11.1 Å². The summed E-state index contributed by atoms with van der Waals surface area (Å²) in [4.78, 5) is 17.1. The average Bonchev–Trinajstić information content (AvgIpc) is 2.65. The second-order valence-corrected chi connectivity index (χ2v) is 8.84. The summed E-state index contributed by atoms with van der Waals surface area (Å²) in [5.74, 6) is 0.0175. The van der Waals surface area contributed by atoms with Crippen LogP contribution in [-0.2, 0) is 19.7 Å². The Morgan fingerprint density at radius 3 is 2.46 bits per heavy atom. The molecular weight excluding hydrogens is 378 g/mol. The van der Waals surface area contributed by atoms with Crippen LogP contribution in [0.5, 0.6) is 0 Å². The van der Waals surface area contributed by atoms with Crippen LogP contribution in [0.2, 0.25) is 0 Å². The molecule has 0 unspecified atom stereocenters. The van der Waals surface area contributed by atoms with Crippen molar-refractivity contribution in [2.75, 3.05) is 26.0 Å². The topological polar surface area (TPSA) is 88.1 Å². The smallest absolute Gasteiger partial charge is 0.265 e. The number of amides is 1. The predicted molar refractivity (Wildman–Crippen MR) is 110 cm³/mol. The van der Waals surface area contributed by atoms with Gasteiger partial charge in [0.1, 0.15) is 0 Å². The minimum absolute atomic E-state index is 0.0964. The van der Waals surface area contributed by atoms with E-state index in [0.717, 1.165) is 9.87 Å². The van der Waals surface area contributed by atoms with Crippen LogP contribution < -0.4 is 5.32 Å². The number of carbonyl (C=O) groups excluding carboxylic acids is 1. The zero-order chi connectivity index (χ0) is 20.7. The zero-order valence-electron chi connectivity index (χ0n) is 16.4. The van der Waals surface area contributed by atoms with Crippen molar-refractivity contribution in [1.82, 2.24) is 4.31 Å². The molecule has 0 aliphatic rings. The molecule has 0 bridgehead atoms. The van der Waals surface area contributed by atoms with Crippen molar-refractivity contribution in [3.05, 3.63) is 59.7 Å². The third-order valence-electron chi connectivity index (χ3n) is 3.97. The van der Waals surface area contributed by atoms with Gasteiger partial charge in [0.15, 0.2) is 6.61 Å². The molecule has 0 heterocycles. The molecule has 8 heteroatoms. The van der Waals surface area contributed by atoms with Crippen LogP contribution in [0.1, 0.15) is 30.9 Å². The number of anilines is 1. The summed E-state index contributed by atoms with van der Waals surface area (Å²) in [6.45, 7) is 3.96. The molecule has 2 rings (SSSR count). The van der Waals surface area contributed by atoms with E-state index in [9.17, 15) is 13.2 Å². The zero-order valence-corrected chi connectivity index (χ0v) is 17.2. The Morgan fingerprint density at radius 2 is 1.86 bits per heavy atom. The van der Waals surface area contributed by atoms with Crippen LogP contribution in [-0.4, -0.2) is 45.5 Å². The van der Waals surface area contributed by atoms with Gasteiger partial charge in [-0.3, -0.25) is 4.79 Å². The maximum Gasteiger partial charge on any atom is 0.265 e. The number of rotatable bonds is 8. The Bertz CT molecular complexity index is 936. The maximum atomic E-state index is 12.1. The Labute approximate surface area is 166 Å². The van der Waals surface area contributed by atoms with Crippen molar-refractivity contribution in [3.8, 4) is 0 Å². The Balaban J connectivity index is 1.89. The summed E-state index contributed by atoms with van der Waals surface area (Å²) in [5.41, 5.74) is 2.46. The molecule has 0 aliphatic heterocycles. The largest absolute Gasteiger partial charge is 0.386 e. The maximum absolute atomic E-state index is 12.1. The van der Waals surface area contributed by atoms with Crippen molar-refractivity contribution in [2.45, 2.75) is 24.7 Å². The highest BCUT2D eigenvalue weighted by molar-refractivity contribution is 7.89. The van der Waals surface area contributed by atoms with E-state index in [-0.39, 0.29) is 11.5 Å². The van der Waals surface area contributed by atoms with E-state index in [1.807, 2.05) is 24.3 Å². The molecule has 0 saturated heterocycles. The van der Waals surface area contributed by atoms with E-state index in [4.69, 9.17) is 4.84 Å². The number of nitrogens with zero attached hydrogens (tertiary/aromatic N) is 2. The minimum atomic E-state index is -3.57. The van der Waals surface area contributed by atoms with Crippen LogP contribution in [0.4, 0.5) is 5.69 Å². The fraction of sp³-hybridized carbons (Fsp3) is 0.300. The quantitative estimate of drug-likeness (QED) is 0.542. The first kappa shape index (κ1) is 21.6. The molecule has 0 aromatic heterocycles. The van der Waals surface area contributed by atoms with Gasteiger partial charge in [-0.25, -0.2) is 12.7 Å². The summed E-state index contributed by atoms with van der Waals surface area (Å²) in [5, 5.41) is 6.38. The van der Waals surface area contributed by atoms with E-state index in [1.165, 1.54) is 38.0 Å². The molecule has 2 aromatic rings. The van der Waals surface area contributed by atoms with E-state index in [2.05, 4.69) is 24.3 Å². The van der Waals surface area contributed by atoms with Crippen molar-refractivity contribution in [2.24, 2.45) is 5.16 Å². The highest BCUT2D eigenvalue weighted by Gasteiger charge is 2.17. The summed E-state index contributed by atoms with van der Waals surface area (Å²) in [7, 11) is -0.674. The average molecular weight is 404 g/mol. The Kier molecular flexibility index (Phi) is 7.31. The lowest BCUT2D eigenvalue weighted by Crippen LogP contribution is -2.22. The summed E-state index contributed by atoms with van der Waals surface area (Å²) < 4.78 is 25.4. The highest BCUT2D eigenvalue weighted by atomic mass is 32.2. The third-order valence-corrected chi connectivity index (χ3v) is 5.78. The number of sulfonamides is 1. The lowest BCUT2D eigenvalue weighted by molar-refractivity contribution is -0.120. The van der Waals surface area contributed by atoms with Crippen LogP contribution in [0.25, 0.3) is 0 Å². The standard InChI is InChI=1S/C20H25N3O4S/c1-15(2)17-10-8-16(9-11-17)13-21-27-14-20(24)22-18-6-5-7-19(12-18)28(25,26)23(3)4/h5-13,15H,14H2,1-4H3,(H,22,24)/b21-13-. The molecular formula is C20H25N3O4S. The highest BCUT2D eigenvalue weighted by Crippen LogP contribution is 2.18. The monoisotopic (exact) mass is 403 g/mol. The number of benzene rings is 2. The van der Waals surface area contributed by atoms with Crippen molar-refractivity contribution < 1.29 is 18.0 Å². The minimum Gasteiger partial charge on any atom is -0.386 e. The Morgan fingerprint density at radius 1 is 1.18 bits per heavy atom. The normalized spacial score (nSPS) is 11.9. The van der Waals surface area contributed by atoms with Gasteiger partial charge < -0.3 is 10.2 Å². The molecule has 0 saturated carbocycles. The number of oxime groups is 1. The van der Waals surface area contributed by atoms with E-state index < -0.39 is 15.9 Å². The van der Waals surface area contributed by atoms with Gasteiger partial charge in [-0.1, -0.05) is 49.3 Å². The number of hydrogen-bond donors (Lipinski definition) is 1. The van der Waals surface area contributed by atoms with Crippen molar-refractivity contribution >= 4 is 27.8 Å². The van der Waals surface area contributed by atoms with E-state index in [1.54, 1.807) is 12.1 Å². The molecule has 150 valence electrons. The second-order valence-electron chi connectivity index (χ2n) is 6.69. The third kappa shape index (κ3) is 5.90. The van der Waals surface area contributed by atoms with Gasteiger partial charge in [-0.05, 0) is 35.2 Å². The first-order valence-electron chi connectivity index (χ1n) is 8.78. The SMILES string of the molecule is CC(C)c1ccc(/C=N\OCC(=O)Nc2cccc(S(=O)(=O)N(C)C)c2)cc1. The molecule has 0 radical (unpaired) electrons. The molecule has 0 spiro atoms. The van der Waals surface area contributed by atoms with Crippen LogP contribution in [0.15, 0.2) is 58.6 Å². The molecule has 0 aliphatic carbocycles. The molecule has 0 atom stereocenters. The molecule has 7 nitrogen and oxygen atoms in total. The molecule has 0 fully saturated rings. The summed E-state index contributed by atoms with van der Waals surface area (Å²) in [6.07, 6.45) is 1.53. The van der Waals surface area contributed by atoms with E-state index >= 15 is 0 Å². The number of carbonyl (C=O) groups is 1. The van der Waals surface area contributed by atoms with Gasteiger partial charge >= 0.3 is 0 Å². The van der Waals surface area contributed by atoms with Gasteiger partial charge in [-0.15, -0.1) is 0 Å². The molecule has 1 amide bonds. The molecule has 1 N–H and O–H groups in total. The molecule has 2 aromatic carbocycles. The van der Waals surface area contributed by atoms with Gasteiger partial charge in [0.2, 0.25) is 10.0 Å². The van der Waals surface area contributed by atoms with Crippen LogP contribution >= 0.6 is 0 Å². The van der Waals surface area contributed by atoms with Crippen LogP contribution in [0.3, 0.4) is 0 Å². The number of nitrogens with one attached hydrogen (secondary N) is 1. The second kappa shape index (κ2) is 9.48. The molecule has 28 heavy (non-hydrogen) atoms. The lowest BCUT2D eigenvalue weighted by Gasteiger charge is -2.12. The van der Waals surface area contributed by atoms with Gasteiger partial charge in [-0.2, -0.15) is 0 Å². The lowest BCUT2D eigenvalue weighted by atomic mass is 10.0. The Hall–Kier alpha value is -2.71. The van der Waals surface area contributed by atoms with Crippen molar-refractivity contribution in [3.63, 3.8) is 0 Å². The first-order valence-corrected chi connectivity index (χ1v) is 10.2. The van der Waals surface area contributed by atoms with Gasteiger partial charge in [0, 0.05) is 19.8 Å². The fourth-order valence-corrected chi connectivity index (χ4v) is 3.25. The fourth-order valence-electron chi connectivity index (χ4n) is 2.30. The summed E-state index contributed by atoms with van der Waals surface area (Å²) >= 11 is 0. The van der Waals surface area contributed by atoms with Crippen molar-refractivity contribution in [1.29, 1.82) is 0 Å². The van der Waals surface area contributed by atoms with Crippen LogP contribution in [0, 0.1) is 0 Å². The first-order chi connectivity index (χ1) is 13.2. The van der Waals surface area contributed by atoms with Gasteiger partial charge in [0.25, 0.3) is 5.91 Å². The predicted octanol–water partition coefficient (Wildman–Crippen LogP) is 3.05.